The highest BCUT2D eigenvalue weighted by Crippen LogP contribution is 2.21. The van der Waals surface area contributed by atoms with Crippen LogP contribution in [0.3, 0.4) is 0 Å². The van der Waals surface area contributed by atoms with Gasteiger partial charge in [0.05, 0.1) is 31.0 Å². The highest BCUT2D eigenvalue weighted by Gasteiger charge is 2.25. The first-order chi connectivity index (χ1) is 15.1. The van der Waals surface area contributed by atoms with Crippen LogP contribution >= 0.6 is 0 Å². The minimum absolute atomic E-state index is 0.124. The highest BCUT2D eigenvalue weighted by molar-refractivity contribution is 6.04. The van der Waals surface area contributed by atoms with E-state index in [2.05, 4.69) is 27.9 Å². The third-order valence-corrected chi connectivity index (χ3v) is 5.20. The van der Waals surface area contributed by atoms with Crippen molar-refractivity contribution in [3.8, 4) is 0 Å². The van der Waals surface area contributed by atoms with Gasteiger partial charge in [-0.15, -0.1) is 0 Å². The van der Waals surface area contributed by atoms with E-state index < -0.39 is 0 Å². The molecule has 1 aromatic heterocycles. The molecule has 1 atom stereocenters. The van der Waals surface area contributed by atoms with Crippen LogP contribution in [-0.2, 0) is 17.9 Å². The summed E-state index contributed by atoms with van der Waals surface area (Å²) in [6, 6.07) is 17.6. The number of para-hydroxylation sites is 1. The molecule has 7 heteroatoms. The fourth-order valence-electron chi connectivity index (χ4n) is 3.52. The number of anilines is 1. The summed E-state index contributed by atoms with van der Waals surface area (Å²) >= 11 is 0. The molecule has 0 bridgehead atoms. The quantitative estimate of drug-likeness (QED) is 0.492. The Labute approximate surface area is 182 Å². The number of likely N-dealkylation sites (N-methyl/N-ethyl adjacent to an activating group) is 1. The zero-order valence-electron chi connectivity index (χ0n) is 17.7. The lowest BCUT2D eigenvalue weighted by Gasteiger charge is -2.14. The zero-order valence-corrected chi connectivity index (χ0v) is 17.7. The Kier molecular flexibility index (Phi) is 6.43. The van der Waals surface area contributed by atoms with Crippen molar-refractivity contribution < 1.29 is 14.5 Å². The maximum Gasteiger partial charge on any atom is 0.279 e. The van der Waals surface area contributed by atoms with E-state index in [1.165, 1.54) is 5.56 Å². The van der Waals surface area contributed by atoms with E-state index in [4.69, 9.17) is 0 Å². The minimum Gasteiger partial charge on any atom is -0.349 e. The van der Waals surface area contributed by atoms with E-state index in [1.807, 2.05) is 54.5 Å². The number of quaternary nitrogens is 1. The maximum atomic E-state index is 12.6. The average Bonchev–Trinajstić information content (AvgIpc) is 3.46. The molecule has 4 rings (SSSR count). The Bertz CT molecular complexity index is 1040. The third kappa shape index (κ3) is 6.02. The van der Waals surface area contributed by atoms with E-state index in [1.54, 1.807) is 12.1 Å². The van der Waals surface area contributed by atoms with Gasteiger partial charge in [-0.2, -0.15) is 5.10 Å². The molecule has 0 spiro atoms. The Balaban J connectivity index is 1.30. The molecule has 1 heterocycles. The summed E-state index contributed by atoms with van der Waals surface area (Å²) in [6.45, 7) is 1.70. The molecule has 0 radical (unpaired) electrons. The number of hydrogen-bond donors (Lipinski definition) is 3. The molecule has 3 aromatic rings. The monoisotopic (exact) mass is 418 g/mol. The fraction of sp³-hybridized carbons (Fsp3) is 0.292. The van der Waals surface area contributed by atoms with Crippen molar-refractivity contribution in [3.05, 3.63) is 83.7 Å². The summed E-state index contributed by atoms with van der Waals surface area (Å²) in [5.74, 6) is -0.259. The summed E-state index contributed by atoms with van der Waals surface area (Å²) < 4.78 is 1.91. The van der Waals surface area contributed by atoms with Gasteiger partial charge in [0.2, 0.25) is 0 Å². The van der Waals surface area contributed by atoms with Gasteiger partial charge in [0.1, 0.15) is 6.54 Å². The number of rotatable bonds is 9. The average molecular weight is 419 g/mol. The van der Waals surface area contributed by atoms with Crippen LogP contribution in [0.15, 0.2) is 67.0 Å². The van der Waals surface area contributed by atoms with Crippen molar-refractivity contribution in [2.75, 3.05) is 18.9 Å². The maximum absolute atomic E-state index is 12.6. The van der Waals surface area contributed by atoms with Crippen LogP contribution in [0.25, 0.3) is 0 Å². The second-order valence-corrected chi connectivity index (χ2v) is 8.18. The van der Waals surface area contributed by atoms with Gasteiger partial charge in [0, 0.05) is 17.8 Å². The van der Waals surface area contributed by atoms with Crippen molar-refractivity contribution in [3.63, 3.8) is 0 Å². The van der Waals surface area contributed by atoms with Gasteiger partial charge in [0.15, 0.2) is 6.54 Å². The lowest BCUT2D eigenvalue weighted by atomic mass is 10.1. The van der Waals surface area contributed by atoms with Gasteiger partial charge in [0.25, 0.3) is 11.8 Å². The number of hydrogen-bond acceptors (Lipinski definition) is 3. The Hall–Kier alpha value is -3.45. The number of nitrogens with one attached hydrogen (secondary N) is 3. The summed E-state index contributed by atoms with van der Waals surface area (Å²) in [6.07, 6.45) is 5.92. The molecule has 1 unspecified atom stereocenters. The largest absolute Gasteiger partial charge is 0.349 e. The summed E-state index contributed by atoms with van der Waals surface area (Å²) in [5, 5.41) is 10.3. The molecule has 1 aliphatic carbocycles. The van der Waals surface area contributed by atoms with Gasteiger partial charge >= 0.3 is 0 Å². The van der Waals surface area contributed by atoms with Crippen LogP contribution in [0.1, 0.15) is 34.3 Å². The molecule has 160 valence electrons. The zero-order chi connectivity index (χ0) is 21.6. The van der Waals surface area contributed by atoms with E-state index in [0.717, 1.165) is 29.8 Å². The van der Waals surface area contributed by atoms with Crippen LogP contribution in [0.4, 0.5) is 5.69 Å². The van der Waals surface area contributed by atoms with Crippen LogP contribution < -0.4 is 15.5 Å². The molecule has 2 aromatic carbocycles. The molecule has 2 amide bonds. The standard InChI is InChI=1S/C24H27N5O2/c1-28(14-19-13-25-29(16-19)15-18-7-3-2-4-8-18)17-23(30)27-22-10-6-5-9-21(22)24(31)26-20-11-12-20/h2-10,13,16,20H,11-12,14-15,17H2,1H3,(H,26,31)(H,27,30)/p+1. The normalized spacial score (nSPS) is 14.1. The molecule has 1 fully saturated rings. The van der Waals surface area contributed by atoms with Gasteiger partial charge in [-0.05, 0) is 30.5 Å². The Morgan fingerprint density at radius 3 is 2.58 bits per heavy atom. The molecule has 31 heavy (non-hydrogen) atoms. The number of benzene rings is 2. The molecule has 3 N–H and O–H groups in total. The van der Waals surface area contributed by atoms with Crippen molar-refractivity contribution >= 4 is 17.5 Å². The predicted octanol–water partition coefficient (Wildman–Crippen LogP) is 1.48. The summed E-state index contributed by atoms with van der Waals surface area (Å²) in [4.78, 5) is 26.0. The van der Waals surface area contributed by atoms with Gasteiger partial charge in [-0.25, -0.2) is 0 Å². The van der Waals surface area contributed by atoms with E-state index in [9.17, 15) is 9.59 Å². The predicted molar refractivity (Wildman–Crippen MR) is 119 cm³/mol. The number of amides is 2. The number of carbonyl (C=O) groups excluding carboxylic acids is 2. The molecule has 0 aliphatic heterocycles. The molecular weight excluding hydrogens is 390 g/mol. The van der Waals surface area contributed by atoms with E-state index in [0.29, 0.717) is 24.3 Å². The first kappa shape index (κ1) is 20.8. The van der Waals surface area contributed by atoms with E-state index in [-0.39, 0.29) is 17.9 Å². The van der Waals surface area contributed by atoms with Gasteiger partial charge < -0.3 is 15.5 Å². The minimum atomic E-state index is -0.134. The molecule has 1 saturated carbocycles. The molecule has 1 aliphatic rings. The fourth-order valence-corrected chi connectivity index (χ4v) is 3.52. The van der Waals surface area contributed by atoms with Gasteiger partial charge in [-0.1, -0.05) is 42.5 Å². The first-order valence-corrected chi connectivity index (χ1v) is 10.6. The molecular formula is C24H28N5O2+. The molecule has 7 nitrogen and oxygen atoms in total. The van der Waals surface area contributed by atoms with Crippen molar-refractivity contribution in [2.24, 2.45) is 0 Å². The topological polar surface area (TPSA) is 80.5 Å². The first-order valence-electron chi connectivity index (χ1n) is 10.6. The number of carbonyl (C=O) groups is 2. The van der Waals surface area contributed by atoms with Crippen LogP contribution in [0.2, 0.25) is 0 Å². The second kappa shape index (κ2) is 9.57. The lowest BCUT2D eigenvalue weighted by Crippen LogP contribution is -3.08. The van der Waals surface area contributed by atoms with Crippen molar-refractivity contribution in [1.82, 2.24) is 15.1 Å². The van der Waals surface area contributed by atoms with Crippen LogP contribution in [0.5, 0.6) is 0 Å². The van der Waals surface area contributed by atoms with E-state index >= 15 is 0 Å². The van der Waals surface area contributed by atoms with Crippen molar-refractivity contribution in [2.45, 2.75) is 32.0 Å². The smallest absolute Gasteiger partial charge is 0.279 e. The SMILES string of the molecule is C[NH+](CC(=O)Nc1ccccc1C(=O)NC1CC1)Cc1cnn(Cc2ccccc2)c1. The van der Waals surface area contributed by atoms with Crippen LogP contribution in [0, 0.1) is 0 Å². The number of nitrogens with zero attached hydrogens (tertiary/aromatic N) is 2. The van der Waals surface area contributed by atoms with Crippen LogP contribution in [-0.4, -0.2) is 41.2 Å². The molecule has 0 saturated heterocycles. The Morgan fingerprint density at radius 1 is 1.06 bits per heavy atom. The highest BCUT2D eigenvalue weighted by atomic mass is 16.2. The third-order valence-electron chi connectivity index (χ3n) is 5.20. The Morgan fingerprint density at radius 2 is 1.81 bits per heavy atom. The lowest BCUT2D eigenvalue weighted by molar-refractivity contribution is -0.885. The number of aromatic nitrogens is 2. The summed E-state index contributed by atoms with van der Waals surface area (Å²) in [5.41, 5.74) is 3.32. The van der Waals surface area contributed by atoms with Crippen molar-refractivity contribution in [1.29, 1.82) is 0 Å². The van der Waals surface area contributed by atoms with Gasteiger partial charge in [-0.3, -0.25) is 14.3 Å². The summed E-state index contributed by atoms with van der Waals surface area (Å²) in [7, 11) is 1.97. The second-order valence-electron chi connectivity index (χ2n) is 8.18.